The number of hydrogen-bond donors (Lipinski definition) is 1. The van der Waals surface area contributed by atoms with E-state index in [1.165, 1.54) is 0 Å². The van der Waals surface area contributed by atoms with Crippen LogP contribution >= 0.6 is 0 Å². The van der Waals surface area contributed by atoms with Crippen LogP contribution in [-0.4, -0.2) is 44.1 Å². The Morgan fingerprint density at radius 3 is 2.37 bits per heavy atom. The Morgan fingerprint density at radius 2 is 1.70 bits per heavy atom. The first kappa shape index (κ1) is 17.9. The van der Waals surface area contributed by atoms with E-state index in [1.807, 2.05) is 30.0 Å². The summed E-state index contributed by atoms with van der Waals surface area (Å²) in [5, 5.41) is 3.40. The molecule has 4 rings (SSSR count). The van der Waals surface area contributed by atoms with E-state index in [2.05, 4.69) is 17.2 Å². The van der Waals surface area contributed by atoms with E-state index in [4.69, 9.17) is 4.98 Å². The Kier molecular flexibility index (Phi) is 4.57. The Bertz CT molecular complexity index is 1080. The van der Waals surface area contributed by atoms with Crippen LogP contribution in [0.15, 0.2) is 58.5 Å². The van der Waals surface area contributed by atoms with Gasteiger partial charge in [0.25, 0.3) is 0 Å². The van der Waals surface area contributed by atoms with Gasteiger partial charge >= 0.3 is 0 Å². The van der Waals surface area contributed by atoms with Crippen molar-refractivity contribution in [2.75, 3.05) is 24.5 Å². The van der Waals surface area contributed by atoms with Crippen molar-refractivity contribution in [1.29, 1.82) is 0 Å². The zero-order chi connectivity index (χ0) is 19.0. The van der Waals surface area contributed by atoms with Gasteiger partial charge in [-0.2, -0.15) is 0 Å². The van der Waals surface area contributed by atoms with Gasteiger partial charge in [-0.1, -0.05) is 29.8 Å². The second-order valence-electron chi connectivity index (χ2n) is 6.96. The summed E-state index contributed by atoms with van der Waals surface area (Å²) in [5.41, 5.74) is 2.28. The molecule has 1 aromatic heterocycles. The van der Waals surface area contributed by atoms with Crippen LogP contribution in [0.5, 0.6) is 0 Å². The fourth-order valence-corrected chi connectivity index (χ4v) is 4.67. The summed E-state index contributed by atoms with van der Waals surface area (Å²) in [5.74, 6) is 0.433. The quantitative estimate of drug-likeness (QED) is 0.750. The summed E-state index contributed by atoms with van der Waals surface area (Å²) >= 11 is 0. The number of para-hydroxylation sites is 2. The first-order valence-corrected chi connectivity index (χ1v) is 10.5. The molecular weight excluding hydrogens is 360 g/mol. The van der Waals surface area contributed by atoms with Gasteiger partial charge in [0.05, 0.1) is 15.9 Å². The minimum Gasteiger partial charge on any atom is -0.351 e. The van der Waals surface area contributed by atoms with Crippen molar-refractivity contribution in [2.24, 2.45) is 0 Å². The van der Waals surface area contributed by atoms with Gasteiger partial charge in [-0.05, 0) is 38.1 Å². The zero-order valence-corrected chi connectivity index (χ0v) is 16.2. The van der Waals surface area contributed by atoms with Gasteiger partial charge in [-0.15, -0.1) is 0 Å². The molecule has 0 aliphatic carbocycles. The summed E-state index contributed by atoms with van der Waals surface area (Å²) in [6.07, 6.45) is 0. The van der Waals surface area contributed by atoms with E-state index in [0.717, 1.165) is 12.1 Å². The molecule has 1 atom stereocenters. The molecule has 1 fully saturated rings. The minimum absolute atomic E-state index is 0.0270. The van der Waals surface area contributed by atoms with Crippen LogP contribution in [0, 0.1) is 6.92 Å². The van der Waals surface area contributed by atoms with Gasteiger partial charge in [-0.3, -0.25) is 0 Å². The molecule has 0 spiro atoms. The van der Waals surface area contributed by atoms with Crippen molar-refractivity contribution in [3.63, 3.8) is 0 Å². The van der Waals surface area contributed by atoms with Gasteiger partial charge in [0.2, 0.25) is 14.9 Å². The molecule has 2 aromatic carbocycles. The van der Waals surface area contributed by atoms with E-state index in [0.29, 0.717) is 29.9 Å². The number of benzene rings is 2. The summed E-state index contributed by atoms with van der Waals surface area (Å²) in [6, 6.07) is 14.5. The lowest BCUT2D eigenvalue weighted by Gasteiger charge is -2.33. The third kappa shape index (κ3) is 3.40. The van der Waals surface area contributed by atoms with Gasteiger partial charge in [0, 0.05) is 25.7 Å². The second-order valence-corrected chi connectivity index (χ2v) is 8.82. The molecule has 3 aromatic rings. The number of hydrogen-bond acceptors (Lipinski definition) is 6. The molecule has 140 valence electrons. The average molecular weight is 382 g/mol. The lowest BCUT2D eigenvalue weighted by molar-refractivity contribution is 0.479. The third-order valence-corrected chi connectivity index (χ3v) is 6.45. The van der Waals surface area contributed by atoms with Crippen LogP contribution in [0.3, 0.4) is 0 Å². The monoisotopic (exact) mass is 382 g/mol. The highest BCUT2D eigenvalue weighted by molar-refractivity contribution is 7.91. The molecule has 6 nitrogen and oxygen atoms in total. The highest BCUT2D eigenvalue weighted by atomic mass is 32.2. The van der Waals surface area contributed by atoms with Gasteiger partial charge in [0.1, 0.15) is 0 Å². The van der Waals surface area contributed by atoms with E-state index in [9.17, 15) is 8.42 Å². The lowest BCUT2D eigenvalue weighted by Crippen LogP contribution is -2.50. The minimum atomic E-state index is -3.78. The van der Waals surface area contributed by atoms with E-state index in [1.54, 1.807) is 30.3 Å². The maximum Gasteiger partial charge on any atom is 0.227 e. The molecule has 7 heteroatoms. The normalized spacial score (nSPS) is 18.0. The predicted octanol–water partition coefficient (Wildman–Crippen LogP) is 2.57. The van der Waals surface area contributed by atoms with Crippen LogP contribution in [-0.2, 0) is 9.84 Å². The number of nitrogens with zero attached hydrogens (tertiary/aromatic N) is 3. The number of rotatable bonds is 3. The molecule has 1 aliphatic rings. The Labute approximate surface area is 159 Å². The molecule has 0 radical (unpaired) electrons. The molecule has 2 heterocycles. The highest BCUT2D eigenvalue weighted by Gasteiger charge is 2.29. The van der Waals surface area contributed by atoms with Crippen molar-refractivity contribution in [2.45, 2.75) is 29.8 Å². The van der Waals surface area contributed by atoms with Crippen molar-refractivity contribution in [3.05, 3.63) is 54.1 Å². The predicted molar refractivity (Wildman–Crippen MR) is 106 cm³/mol. The molecule has 1 aliphatic heterocycles. The topological polar surface area (TPSA) is 75.2 Å². The van der Waals surface area contributed by atoms with Gasteiger partial charge in [-0.25, -0.2) is 18.4 Å². The Balaban J connectivity index is 1.92. The number of aryl methyl sites for hydroxylation is 1. The van der Waals surface area contributed by atoms with E-state index < -0.39 is 9.84 Å². The van der Waals surface area contributed by atoms with E-state index >= 15 is 0 Å². The van der Waals surface area contributed by atoms with Crippen molar-refractivity contribution < 1.29 is 8.42 Å². The van der Waals surface area contributed by atoms with Crippen molar-refractivity contribution >= 4 is 26.7 Å². The summed E-state index contributed by atoms with van der Waals surface area (Å²) < 4.78 is 26.8. The van der Waals surface area contributed by atoms with Crippen LogP contribution in [0.1, 0.15) is 12.5 Å². The number of nitrogens with one attached hydrogen (secondary N) is 1. The largest absolute Gasteiger partial charge is 0.351 e. The van der Waals surface area contributed by atoms with Crippen LogP contribution in [0.2, 0.25) is 0 Å². The number of aromatic nitrogens is 2. The molecule has 0 saturated carbocycles. The number of piperazine rings is 1. The van der Waals surface area contributed by atoms with Crippen LogP contribution in [0.4, 0.5) is 5.82 Å². The van der Waals surface area contributed by atoms with E-state index in [-0.39, 0.29) is 16.0 Å². The first-order valence-electron chi connectivity index (χ1n) is 9.02. The zero-order valence-electron chi connectivity index (χ0n) is 15.4. The van der Waals surface area contributed by atoms with Crippen LogP contribution < -0.4 is 10.2 Å². The Hall–Kier alpha value is -2.51. The summed E-state index contributed by atoms with van der Waals surface area (Å²) in [4.78, 5) is 11.5. The summed E-state index contributed by atoms with van der Waals surface area (Å²) in [6.45, 7) is 6.16. The van der Waals surface area contributed by atoms with Crippen LogP contribution in [0.25, 0.3) is 11.0 Å². The fraction of sp³-hybridized carbons (Fsp3) is 0.300. The fourth-order valence-electron chi connectivity index (χ4n) is 3.31. The second kappa shape index (κ2) is 6.90. The highest BCUT2D eigenvalue weighted by Crippen LogP contribution is 2.30. The molecule has 27 heavy (non-hydrogen) atoms. The molecule has 1 N–H and O–H groups in total. The average Bonchev–Trinajstić information content (AvgIpc) is 2.67. The molecule has 1 saturated heterocycles. The lowest BCUT2D eigenvalue weighted by atomic mass is 10.2. The first-order chi connectivity index (χ1) is 12.9. The van der Waals surface area contributed by atoms with Gasteiger partial charge < -0.3 is 10.2 Å². The van der Waals surface area contributed by atoms with Gasteiger partial charge in [0.15, 0.2) is 5.82 Å². The standard InChI is InChI=1S/C20H22N4O2S/c1-14-7-9-16(10-8-14)27(25,26)20-19(24-12-11-21-15(2)13-24)22-17-5-3-4-6-18(17)23-20/h3-10,15,21H,11-13H2,1-2H3. The third-order valence-electron chi connectivity index (χ3n) is 4.78. The molecule has 1 unspecified atom stereocenters. The molecule has 0 amide bonds. The maximum absolute atomic E-state index is 13.4. The van der Waals surface area contributed by atoms with Crippen molar-refractivity contribution in [1.82, 2.24) is 15.3 Å². The molecule has 0 bridgehead atoms. The maximum atomic E-state index is 13.4. The Morgan fingerprint density at radius 1 is 1.04 bits per heavy atom. The van der Waals surface area contributed by atoms with Crippen molar-refractivity contribution in [3.8, 4) is 0 Å². The molecular formula is C20H22N4O2S. The summed E-state index contributed by atoms with van der Waals surface area (Å²) in [7, 11) is -3.78. The number of sulfone groups is 1. The number of fused-ring (bicyclic) bond motifs is 1. The smallest absolute Gasteiger partial charge is 0.227 e. The SMILES string of the molecule is Cc1ccc(S(=O)(=O)c2nc3ccccc3nc2N2CCNC(C)C2)cc1. The number of anilines is 1.